The van der Waals surface area contributed by atoms with E-state index >= 15 is 0 Å². The number of aryl methyl sites for hydroxylation is 1. The predicted octanol–water partition coefficient (Wildman–Crippen LogP) is 3.21. The first-order valence-electron chi connectivity index (χ1n) is 6.38. The Kier molecular flexibility index (Phi) is 4.30. The summed E-state index contributed by atoms with van der Waals surface area (Å²) in [6, 6.07) is 7.99. The van der Waals surface area contributed by atoms with Gasteiger partial charge in [-0.1, -0.05) is 12.1 Å². The van der Waals surface area contributed by atoms with E-state index in [1.807, 2.05) is 6.92 Å². The largest absolute Gasteiger partial charge is 0.370 e. The molecule has 0 radical (unpaired) electrons. The summed E-state index contributed by atoms with van der Waals surface area (Å²) in [7, 11) is 0. The van der Waals surface area contributed by atoms with Crippen LogP contribution in [0.3, 0.4) is 0 Å². The summed E-state index contributed by atoms with van der Waals surface area (Å²) >= 11 is 0. The number of hydrogen-bond acceptors (Lipinski definition) is 3. The monoisotopic (exact) mass is 273 g/mol. The number of halogens is 1. The Morgan fingerprint density at radius 3 is 2.80 bits per heavy atom. The summed E-state index contributed by atoms with van der Waals surface area (Å²) in [6.45, 7) is 4.31. The van der Waals surface area contributed by atoms with Crippen molar-refractivity contribution >= 4 is 17.4 Å². The highest BCUT2D eigenvalue weighted by Crippen LogP contribution is 2.21. The molecule has 0 aliphatic heterocycles. The van der Waals surface area contributed by atoms with Gasteiger partial charge in [-0.2, -0.15) is 0 Å². The molecule has 2 rings (SSSR count). The predicted molar refractivity (Wildman–Crippen MR) is 77.5 cm³/mol. The molecule has 4 nitrogen and oxygen atoms in total. The van der Waals surface area contributed by atoms with Crippen LogP contribution in [0.4, 0.5) is 15.9 Å². The van der Waals surface area contributed by atoms with Crippen LogP contribution >= 0.6 is 0 Å². The van der Waals surface area contributed by atoms with Crippen LogP contribution < -0.4 is 10.6 Å². The van der Waals surface area contributed by atoms with Crippen LogP contribution in [0.15, 0.2) is 36.5 Å². The molecular weight excluding hydrogens is 257 g/mol. The molecule has 1 amide bonds. The quantitative estimate of drug-likeness (QED) is 0.899. The van der Waals surface area contributed by atoms with Gasteiger partial charge in [0.2, 0.25) is 0 Å². The maximum absolute atomic E-state index is 13.7. The lowest BCUT2D eigenvalue weighted by atomic mass is 10.1. The SMILES string of the molecule is CCNc1ncccc1C(=O)Nc1c(C)cccc1F. The van der Waals surface area contributed by atoms with Crippen LogP contribution in [0.5, 0.6) is 0 Å². The normalized spacial score (nSPS) is 10.2. The third kappa shape index (κ3) is 2.93. The summed E-state index contributed by atoms with van der Waals surface area (Å²) < 4.78 is 13.7. The van der Waals surface area contributed by atoms with Crippen molar-refractivity contribution in [2.45, 2.75) is 13.8 Å². The van der Waals surface area contributed by atoms with Gasteiger partial charge in [0.05, 0.1) is 11.3 Å². The second-order valence-electron chi connectivity index (χ2n) is 4.32. The summed E-state index contributed by atoms with van der Waals surface area (Å²) in [5.74, 6) is -0.351. The Labute approximate surface area is 117 Å². The zero-order valence-corrected chi connectivity index (χ0v) is 11.4. The molecular formula is C15H16FN3O. The molecule has 0 unspecified atom stereocenters. The zero-order chi connectivity index (χ0) is 14.5. The lowest BCUT2D eigenvalue weighted by Gasteiger charge is -2.12. The first-order chi connectivity index (χ1) is 9.63. The number of carbonyl (C=O) groups is 1. The van der Waals surface area contributed by atoms with Crippen molar-refractivity contribution in [2.24, 2.45) is 0 Å². The lowest BCUT2D eigenvalue weighted by molar-refractivity contribution is 0.102. The molecule has 104 valence electrons. The van der Waals surface area contributed by atoms with E-state index in [4.69, 9.17) is 0 Å². The standard InChI is InChI=1S/C15H16FN3O/c1-3-17-14-11(7-5-9-18-14)15(20)19-13-10(2)6-4-8-12(13)16/h4-9H,3H2,1-2H3,(H,17,18)(H,19,20). The van der Waals surface area contributed by atoms with Gasteiger partial charge < -0.3 is 10.6 Å². The maximum Gasteiger partial charge on any atom is 0.259 e. The number of anilines is 2. The maximum atomic E-state index is 13.7. The Hall–Kier alpha value is -2.43. The van der Waals surface area contributed by atoms with Gasteiger partial charge in [-0.05, 0) is 37.6 Å². The molecule has 20 heavy (non-hydrogen) atoms. The highest BCUT2D eigenvalue weighted by molar-refractivity contribution is 6.07. The van der Waals surface area contributed by atoms with Crippen molar-refractivity contribution in [2.75, 3.05) is 17.2 Å². The first kappa shape index (κ1) is 14.0. The second kappa shape index (κ2) is 6.14. The van der Waals surface area contributed by atoms with Crippen LogP contribution in [-0.4, -0.2) is 17.4 Å². The van der Waals surface area contributed by atoms with E-state index in [9.17, 15) is 9.18 Å². The minimum absolute atomic E-state index is 0.198. The lowest BCUT2D eigenvalue weighted by Crippen LogP contribution is -2.17. The van der Waals surface area contributed by atoms with E-state index in [-0.39, 0.29) is 11.6 Å². The van der Waals surface area contributed by atoms with Gasteiger partial charge in [0.1, 0.15) is 11.6 Å². The fraction of sp³-hybridized carbons (Fsp3) is 0.200. The Balaban J connectivity index is 2.29. The molecule has 2 N–H and O–H groups in total. The van der Waals surface area contributed by atoms with Crippen molar-refractivity contribution < 1.29 is 9.18 Å². The highest BCUT2D eigenvalue weighted by Gasteiger charge is 2.14. The molecule has 0 atom stereocenters. The smallest absolute Gasteiger partial charge is 0.259 e. The van der Waals surface area contributed by atoms with Crippen LogP contribution in [-0.2, 0) is 0 Å². The van der Waals surface area contributed by atoms with Crippen molar-refractivity contribution in [1.82, 2.24) is 4.98 Å². The van der Waals surface area contributed by atoms with Crippen molar-refractivity contribution in [1.29, 1.82) is 0 Å². The van der Waals surface area contributed by atoms with Crippen LogP contribution in [0.25, 0.3) is 0 Å². The molecule has 0 aliphatic carbocycles. The summed E-state index contributed by atoms with van der Waals surface area (Å²) in [5, 5.41) is 5.61. The molecule has 5 heteroatoms. The van der Waals surface area contributed by atoms with E-state index in [0.717, 1.165) is 0 Å². The highest BCUT2D eigenvalue weighted by atomic mass is 19.1. The zero-order valence-electron chi connectivity index (χ0n) is 11.4. The Morgan fingerprint density at radius 2 is 2.10 bits per heavy atom. The number of nitrogens with zero attached hydrogens (tertiary/aromatic N) is 1. The molecule has 0 bridgehead atoms. The average Bonchev–Trinajstić information content (AvgIpc) is 2.44. The minimum atomic E-state index is -0.452. The molecule has 1 aromatic heterocycles. The number of nitrogens with one attached hydrogen (secondary N) is 2. The minimum Gasteiger partial charge on any atom is -0.370 e. The van der Waals surface area contributed by atoms with E-state index in [0.29, 0.717) is 23.5 Å². The van der Waals surface area contributed by atoms with E-state index in [1.54, 1.807) is 37.4 Å². The van der Waals surface area contributed by atoms with Gasteiger partial charge in [-0.25, -0.2) is 9.37 Å². The molecule has 0 fully saturated rings. The van der Waals surface area contributed by atoms with Crippen LogP contribution in [0.2, 0.25) is 0 Å². The van der Waals surface area contributed by atoms with Crippen molar-refractivity contribution in [3.8, 4) is 0 Å². The van der Waals surface area contributed by atoms with Gasteiger partial charge in [0, 0.05) is 12.7 Å². The van der Waals surface area contributed by atoms with Gasteiger partial charge in [-0.15, -0.1) is 0 Å². The summed E-state index contributed by atoms with van der Waals surface area (Å²) in [5.41, 5.74) is 1.26. The number of carbonyl (C=O) groups excluding carboxylic acids is 1. The van der Waals surface area contributed by atoms with Gasteiger partial charge >= 0.3 is 0 Å². The average molecular weight is 273 g/mol. The molecule has 1 aromatic carbocycles. The number of rotatable bonds is 4. The summed E-state index contributed by atoms with van der Waals surface area (Å²) in [4.78, 5) is 16.4. The Bertz CT molecular complexity index is 608. The molecule has 2 aromatic rings. The van der Waals surface area contributed by atoms with Crippen LogP contribution in [0.1, 0.15) is 22.8 Å². The number of aromatic nitrogens is 1. The molecule has 0 saturated carbocycles. The third-order valence-electron chi connectivity index (χ3n) is 2.86. The number of amides is 1. The molecule has 0 spiro atoms. The summed E-state index contributed by atoms with van der Waals surface area (Å²) in [6.07, 6.45) is 1.60. The number of benzene rings is 1. The van der Waals surface area contributed by atoms with Gasteiger partial charge in [0.15, 0.2) is 0 Å². The fourth-order valence-electron chi connectivity index (χ4n) is 1.87. The molecule has 0 aliphatic rings. The Morgan fingerprint density at radius 1 is 1.30 bits per heavy atom. The number of para-hydroxylation sites is 1. The van der Waals surface area contributed by atoms with E-state index < -0.39 is 5.82 Å². The fourth-order valence-corrected chi connectivity index (χ4v) is 1.87. The van der Waals surface area contributed by atoms with Gasteiger partial charge in [-0.3, -0.25) is 4.79 Å². The van der Waals surface area contributed by atoms with E-state index in [2.05, 4.69) is 15.6 Å². The second-order valence-corrected chi connectivity index (χ2v) is 4.32. The molecule has 0 saturated heterocycles. The van der Waals surface area contributed by atoms with Crippen LogP contribution in [0, 0.1) is 12.7 Å². The van der Waals surface area contributed by atoms with Gasteiger partial charge in [0.25, 0.3) is 5.91 Å². The molecule has 1 heterocycles. The number of hydrogen-bond donors (Lipinski definition) is 2. The van der Waals surface area contributed by atoms with Crippen molar-refractivity contribution in [3.63, 3.8) is 0 Å². The van der Waals surface area contributed by atoms with Crippen molar-refractivity contribution in [3.05, 3.63) is 53.5 Å². The van der Waals surface area contributed by atoms with E-state index in [1.165, 1.54) is 6.07 Å². The topological polar surface area (TPSA) is 54.0 Å². The third-order valence-corrected chi connectivity index (χ3v) is 2.86. The number of pyridine rings is 1. The first-order valence-corrected chi connectivity index (χ1v) is 6.38.